The molecule has 7 heteroatoms. The van der Waals surface area contributed by atoms with Gasteiger partial charge in [0.2, 0.25) is 0 Å². The van der Waals surface area contributed by atoms with E-state index in [-0.39, 0.29) is 11.1 Å². The van der Waals surface area contributed by atoms with Crippen LogP contribution in [0.15, 0.2) is 47.4 Å². The number of amides is 2. The highest BCUT2D eigenvalue weighted by molar-refractivity contribution is 8.19. The number of benzene rings is 2. The van der Waals surface area contributed by atoms with Crippen LogP contribution in [0.4, 0.5) is 10.5 Å². The Morgan fingerprint density at radius 3 is 2.19 bits per heavy atom. The monoisotopic (exact) mass is 371 g/mol. The van der Waals surface area contributed by atoms with Crippen molar-refractivity contribution < 1.29 is 23.8 Å². The van der Waals surface area contributed by atoms with Crippen LogP contribution in [0, 0.1) is 0 Å². The summed E-state index contributed by atoms with van der Waals surface area (Å²) >= 11 is 0.900. The van der Waals surface area contributed by atoms with Crippen LogP contribution in [0.1, 0.15) is 5.56 Å². The Hall–Kier alpha value is -2.93. The Morgan fingerprint density at radius 2 is 1.58 bits per heavy atom. The SMILES string of the molecule is COc1ccc(N2C(=O)S/C(=C/c3ccc(OC)c(OC)c3)C2=O)cc1. The molecule has 0 aromatic heterocycles. The third-order valence-corrected chi connectivity index (χ3v) is 4.70. The van der Waals surface area contributed by atoms with Crippen LogP contribution in [-0.4, -0.2) is 32.5 Å². The minimum Gasteiger partial charge on any atom is -0.497 e. The maximum absolute atomic E-state index is 12.7. The second-order valence-corrected chi connectivity index (χ2v) is 6.32. The maximum atomic E-state index is 12.7. The zero-order valence-corrected chi connectivity index (χ0v) is 15.3. The molecule has 0 saturated carbocycles. The first kappa shape index (κ1) is 17.9. The third kappa shape index (κ3) is 3.39. The number of hydrogen-bond donors (Lipinski definition) is 0. The van der Waals surface area contributed by atoms with Gasteiger partial charge in [-0.15, -0.1) is 0 Å². The fourth-order valence-electron chi connectivity index (χ4n) is 2.52. The largest absolute Gasteiger partial charge is 0.497 e. The zero-order valence-electron chi connectivity index (χ0n) is 14.5. The van der Waals surface area contributed by atoms with E-state index in [4.69, 9.17) is 14.2 Å². The van der Waals surface area contributed by atoms with E-state index in [1.165, 1.54) is 0 Å². The number of carbonyl (C=O) groups excluding carboxylic acids is 2. The molecule has 1 aliphatic rings. The summed E-state index contributed by atoms with van der Waals surface area (Å²) in [7, 11) is 4.65. The summed E-state index contributed by atoms with van der Waals surface area (Å²) in [5.41, 5.74) is 1.24. The van der Waals surface area contributed by atoms with Gasteiger partial charge in [0.15, 0.2) is 11.5 Å². The fourth-order valence-corrected chi connectivity index (χ4v) is 3.36. The Balaban J connectivity index is 1.89. The van der Waals surface area contributed by atoms with E-state index >= 15 is 0 Å². The van der Waals surface area contributed by atoms with Gasteiger partial charge in [-0.3, -0.25) is 9.59 Å². The van der Waals surface area contributed by atoms with Crippen molar-refractivity contribution in [1.29, 1.82) is 0 Å². The molecule has 26 heavy (non-hydrogen) atoms. The van der Waals surface area contributed by atoms with Crippen LogP contribution in [0.3, 0.4) is 0 Å². The van der Waals surface area contributed by atoms with E-state index in [2.05, 4.69) is 0 Å². The summed E-state index contributed by atoms with van der Waals surface area (Å²) in [5.74, 6) is 1.44. The van der Waals surface area contributed by atoms with Crippen molar-refractivity contribution in [1.82, 2.24) is 0 Å². The molecule has 2 aromatic carbocycles. The highest BCUT2D eigenvalue weighted by atomic mass is 32.2. The molecule has 0 spiro atoms. The lowest BCUT2D eigenvalue weighted by Crippen LogP contribution is -2.27. The molecule has 2 aromatic rings. The van der Waals surface area contributed by atoms with Gasteiger partial charge in [0, 0.05) is 0 Å². The molecule has 0 bridgehead atoms. The number of imide groups is 1. The molecule has 0 atom stereocenters. The molecule has 2 amide bonds. The average Bonchev–Trinajstić information content (AvgIpc) is 2.95. The highest BCUT2D eigenvalue weighted by Crippen LogP contribution is 2.37. The summed E-state index contributed by atoms with van der Waals surface area (Å²) in [6.45, 7) is 0. The van der Waals surface area contributed by atoms with Crippen LogP contribution in [0.5, 0.6) is 17.2 Å². The van der Waals surface area contributed by atoms with Crippen LogP contribution in [0.2, 0.25) is 0 Å². The Labute approximate surface area is 155 Å². The average molecular weight is 371 g/mol. The number of rotatable bonds is 5. The summed E-state index contributed by atoms with van der Waals surface area (Å²) in [6, 6.07) is 12.1. The first-order chi connectivity index (χ1) is 12.6. The summed E-state index contributed by atoms with van der Waals surface area (Å²) < 4.78 is 15.6. The quantitative estimate of drug-likeness (QED) is 0.742. The van der Waals surface area contributed by atoms with Gasteiger partial charge < -0.3 is 14.2 Å². The van der Waals surface area contributed by atoms with Crippen molar-refractivity contribution in [3.8, 4) is 17.2 Å². The maximum Gasteiger partial charge on any atom is 0.298 e. The lowest BCUT2D eigenvalue weighted by Gasteiger charge is -2.12. The van der Waals surface area contributed by atoms with Crippen molar-refractivity contribution in [2.45, 2.75) is 0 Å². The molecule has 3 rings (SSSR count). The van der Waals surface area contributed by atoms with E-state index in [0.29, 0.717) is 27.8 Å². The molecule has 0 N–H and O–H groups in total. The summed E-state index contributed by atoms with van der Waals surface area (Å²) in [4.78, 5) is 26.5. The minimum absolute atomic E-state index is 0.341. The predicted molar refractivity (Wildman–Crippen MR) is 101 cm³/mol. The molecule has 6 nitrogen and oxygen atoms in total. The molecular weight excluding hydrogens is 354 g/mol. The summed E-state index contributed by atoms with van der Waals surface area (Å²) in [5, 5.41) is -0.341. The zero-order chi connectivity index (χ0) is 18.7. The number of ether oxygens (including phenoxy) is 3. The number of anilines is 1. The van der Waals surface area contributed by atoms with Crippen LogP contribution in [-0.2, 0) is 4.79 Å². The Bertz CT molecular complexity index is 876. The molecule has 1 aliphatic heterocycles. The highest BCUT2D eigenvalue weighted by Gasteiger charge is 2.36. The van der Waals surface area contributed by atoms with Gasteiger partial charge in [-0.2, -0.15) is 0 Å². The lowest BCUT2D eigenvalue weighted by atomic mass is 10.2. The van der Waals surface area contributed by atoms with E-state index in [1.807, 2.05) is 0 Å². The lowest BCUT2D eigenvalue weighted by molar-refractivity contribution is -0.113. The number of carbonyl (C=O) groups is 2. The third-order valence-electron chi connectivity index (χ3n) is 3.83. The van der Waals surface area contributed by atoms with Gasteiger partial charge in [0.25, 0.3) is 11.1 Å². The van der Waals surface area contributed by atoms with E-state index < -0.39 is 0 Å². The normalized spacial score (nSPS) is 15.5. The van der Waals surface area contributed by atoms with Gasteiger partial charge in [0.1, 0.15) is 5.75 Å². The van der Waals surface area contributed by atoms with Crippen molar-refractivity contribution in [2.75, 3.05) is 26.2 Å². The second kappa shape index (κ2) is 7.53. The van der Waals surface area contributed by atoms with Crippen LogP contribution in [0.25, 0.3) is 6.08 Å². The molecule has 1 saturated heterocycles. The fraction of sp³-hybridized carbons (Fsp3) is 0.158. The minimum atomic E-state index is -0.361. The number of thioether (sulfide) groups is 1. The molecular formula is C19H17NO5S. The molecule has 134 valence electrons. The number of nitrogens with zero attached hydrogens (tertiary/aromatic N) is 1. The van der Waals surface area contributed by atoms with Crippen molar-refractivity contribution in [3.05, 3.63) is 52.9 Å². The molecule has 1 heterocycles. The molecule has 1 fully saturated rings. The van der Waals surface area contributed by atoms with Gasteiger partial charge in [0.05, 0.1) is 31.9 Å². The van der Waals surface area contributed by atoms with Crippen LogP contribution >= 0.6 is 11.8 Å². The molecule has 0 aliphatic carbocycles. The van der Waals surface area contributed by atoms with Crippen molar-refractivity contribution in [3.63, 3.8) is 0 Å². The second-order valence-electron chi connectivity index (χ2n) is 5.33. The van der Waals surface area contributed by atoms with Gasteiger partial charge in [-0.05, 0) is 59.8 Å². The predicted octanol–water partition coefficient (Wildman–Crippen LogP) is 3.95. The van der Waals surface area contributed by atoms with Gasteiger partial charge in [-0.25, -0.2) is 4.90 Å². The summed E-state index contributed by atoms with van der Waals surface area (Å²) in [6.07, 6.45) is 1.66. The first-order valence-corrected chi connectivity index (χ1v) is 8.53. The standard InChI is InChI=1S/C19H17NO5S/c1-23-14-7-5-13(6-8-14)20-18(21)17(26-19(20)22)11-12-4-9-15(24-2)16(10-12)25-3/h4-11H,1-3H3/b17-11+. The number of methoxy groups -OCH3 is 3. The van der Waals surface area contributed by atoms with Crippen molar-refractivity contribution >= 4 is 34.7 Å². The smallest absolute Gasteiger partial charge is 0.298 e. The Morgan fingerprint density at radius 1 is 0.885 bits per heavy atom. The Kier molecular flexibility index (Phi) is 5.18. The van der Waals surface area contributed by atoms with Crippen molar-refractivity contribution in [2.24, 2.45) is 0 Å². The number of hydrogen-bond acceptors (Lipinski definition) is 6. The van der Waals surface area contributed by atoms with E-state index in [9.17, 15) is 9.59 Å². The first-order valence-electron chi connectivity index (χ1n) is 7.71. The topological polar surface area (TPSA) is 65.1 Å². The van der Waals surface area contributed by atoms with Gasteiger partial charge >= 0.3 is 0 Å². The van der Waals surface area contributed by atoms with E-state index in [1.54, 1.807) is 69.9 Å². The molecule has 0 unspecified atom stereocenters. The van der Waals surface area contributed by atoms with E-state index in [0.717, 1.165) is 22.2 Å². The molecule has 0 radical (unpaired) electrons. The van der Waals surface area contributed by atoms with Gasteiger partial charge in [-0.1, -0.05) is 6.07 Å². The van der Waals surface area contributed by atoms with Crippen LogP contribution < -0.4 is 19.1 Å².